The van der Waals surface area contributed by atoms with E-state index in [1.54, 1.807) is 7.05 Å². The van der Waals surface area contributed by atoms with Crippen LogP contribution in [0.4, 0.5) is 0 Å². The molecule has 1 amide bonds. The van der Waals surface area contributed by atoms with E-state index in [2.05, 4.69) is 0 Å². The van der Waals surface area contributed by atoms with Crippen LogP contribution >= 0.6 is 0 Å². The van der Waals surface area contributed by atoms with Gasteiger partial charge in [-0.2, -0.15) is 5.26 Å². The Labute approximate surface area is 64.4 Å². The summed E-state index contributed by atoms with van der Waals surface area (Å²) in [6.07, 6.45) is 0.470. The highest BCUT2D eigenvalue weighted by atomic mass is 16.2. The fourth-order valence-corrected chi connectivity index (χ4v) is 1.02. The summed E-state index contributed by atoms with van der Waals surface area (Å²) in [6.45, 7) is 0.503. The van der Waals surface area contributed by atoms with E-state index in [-0.39, 0.29) is 0 Å². The molecule has 11 heavy (non-hydrogen) atoms. The highest BCUT2D eigenvalue weighted by Crippen LogP contribution is 2.11. The maximum Gasteiger partial charge on any atom is 0.291 e. The Balaban J connectivity index is 2.77. The van der Waals surface area contributed by atoms with Crippen LogP contribution in [0.1, 0.15) is 6.42 Å². The Hall–Kier alpha value is -1.37. The third kappa shape index (κ3) is 1.22. The molecular weight excluding hydrogens is 144 g/mol. The Morgan fingerprint density at radius 2 is 2.27 bits per heavy atom. The van der Waals surface area contributed by atoms with Crippen molar-refractivity contribution in [3.05, 3.63) is 0 Å². The number of hydrogen-bond acceptors (Lipinski definition) is 3. The van der Waals surface area contributed by atoms with E-state index in [4.69, 9.17) is 5.26 Å². The Bertz CT molecular complexity index is 241. The molecule has 1 aliphatic heterocycles. The Kier molecular flexibility index (Phi) is 1.90. The van der Waals surface area contributed by atoms with Gasteiger partial charge in [0.25, 0.3) is 5.91 Å². The van der Waals surface area contributed by atoms with Crippen LogP contribution in [0.15, 0.2) is 0 Å². The maximum atomic E-state index is 11.0. The van der Waals surface area contributed by atoms with Crippen LogP contribution in [-0.4, -0.2) is 30.2 Å². The molecule has 0 N–H and O–H groups in total. The van der Waals surface area contributed by atoms with Gasteiger partial charge in [0.05, 0.1) is 6.07 Å². The molecule has 4 heteroatoms. The molecule has 1 fully saturated rings. The lowest BCUT2D eigenvalue weighted by Gasteiger charge is -2.23. The molecule has 0 saturated carbocycles. The fourth-order valence-electron chi connectivity index (χ4n) is 1.02. The van der Waals surface area contributed by atoms with Gasteiger partial charge in [-0.25, -0.2) is 0 Å². The molecule has 0 aliphatic carbocycles. The predicted octanol–water partition coefficient (Wildman–Crippen LogP) is -0.443. The van der Waals surface area contributed by atoms with E-state index < -0.39 is 17.6 Å². The van der Waals surface area contributed by atoms with Gasteiger partial charge in [-0.15, -0.1) is 0 Å². The first kappa shape index (κ1) is 7.73. The summed E-state index contributed by atoms with van der Waals surface area (Å²) < 4.78 is 0. The summed E-state index contributed by atoms with van der Waals surface area (Å²) in [5, 5.41) is 8.42. The summed E-state index contributed by atoms with van der Waals surface area (Å²) in [4.78, 5) is 23.2. The van der Waals surface area contributed by atoms with Crippen LogP contribution in [-0.2, 0) is 9.59 Å². The summed E-state index contributed by atoms with van der Waals surface area (Å²) in [7, 11) is 1.56. The highest BCUT2D eigenvalue weighted by molar-refractivity contribution is 6.37. The second kappa shape index (κ2) is 2.70. The van der Waals surface area contributed by atoms with E-state index in [0.29, 0.717) is 13.0 Å². The smallest absolute Gasteiger partial charge is 0.291 e. The van der Waals surface area contributed by atoms with Crippen molar-refractivity contribution in [1.29, 1.82) is 5.26 Å². The molecule has 1 rings (SSSR count). The molecule has 0 aromatic heterocycles. The number of carbonyl (C=O) groups is 2. The van der Waals surface area contributed by atoms with Crippen molar-refractivity contribution in [2.24, 2.45) is 5.92 Å². The van der Waals surface area contributed by atoms with Crippen molar-refractivity contribution in [2.45, 2.75) is 6.42 Å². The minimum absolute atomic E-state index is 0.470. The molecule has 0 aromatic carbocycles. The molecule has 58 valence electrons. The number of nitrogens with zero attached hydrogens (tertiary/aromatic N) is 2. The standard InChI is InChI=1S/C7H8N2O2/c1-9-3-2-5(4-8)6(10)7(9)11/h5H,2-3H2,1H3/t5-/m0/s1. The van der Waals surface area contributed by atoms with E-state index in [1.165, 1.54) is 4.90 Å². The first-order valence-electron chi connectivity index (χ1n) is 3.35. The number of likely N-dealkylation sites (N-methyl/N-ethyl adjacent to an activating group) is 1. The molecule has 0 radical (unpaired) electrons. The van der Waals surface area contributed by atoms with Gasteiger partial charge in [0.15, 0.2) is 0 Å². The summed E-state index contributed by atoms with van der Waals surface area (Å²) in [5.41, 5.74) is 0. The molecule has 0 aromatic rings. The monoisotopic (exact) mass is 152 g/mol. The van der Waals surface area contributed by atoms with Gasteiger partial charge in [-0.3, -0.25) is 9.59 Å². The lowest BCUT2D eigenvalue weighted by molar-refractivity contribution is -0.147. The second-order valence-electron chi connectivity index (χ2n) is 2.56. The van der Waals surface area contributed by atoms with Gasteiger partial charge in [0.2, 0.25) is 5.78 Å². The predicted molar refractivity (Wildman–Crippen MR) is 36.4 cm³/mol. The van der Waals surface area contributed by atoms with Crippen molar-refractivity contribution in [1.82, 2.24) is 4.90 Å². The van der Waals surface area contributed by atoms with Crippen LogP contribution < -0.4 is 0 Å². The van der Waals surface area contributed by atoms with E-state index >= 15 is 0 Å². The van der Waals surface area contributed by atoms with Crippen LogP contribution in [0.3, 0.4) is 0 Å². The zero-order valence-corrected chi connectivity index (χ0v) is 6.20. The average molecular weight is 152 g/mol. The zero-order chi connectivity index (χ0) is 8.43. The molecule has 1 heterocycles. The van der Waals surface area contributed by atoms with Crippen molar-refractivity contribution >= 4 is 11.7 Å². The lowest BCUT2D eigenvalue weighted by Crippen LogP contribution is -2.43. The van der Waals surface area contributed by atoms with Crippen molar-refractivity contribution < 1.29 is 9.59 Å². The number of likely N-dealkylation sites (tertiary alicyclic amines) is 1. The fraction of sp³-hybridized carbons (Fsp3) is 0.571. The van der Waals surface area contributed by atoms with Gasteiger partial charge in [0.1, 0.15) is 5.92 Å². The van der Waals surface area contributed by atoms with Crippen molar-refractivity contribution in [3.63, 3.8) is 0 Å². The van der Waals surface area contributed by atoms with Crippen LogP contribution in [0.25, 0.3) is 0 Å². The van der Waals surface area contributed by atoms with E-state index in [1.807, 2.05) is 6.07 Å². The summed E-state index contributed by atoms with van der Waals surface area (Å²) in [5.74, 6) is -1.82. The molecule has 1 atom stereocenters. The van der Waals surface area contributed by atoms with Gasteiger partial charge < -0.3 is 4.90 Å². The minimum atomic E-state index is -0.710. The molecule has 1 aliphatic rings. The van der Waals surface area contributed by atoms with E-state index in [0.717, 1.165) is 0 Å². The van der Waals surface area contributed by atoms with Gasteiger partial charge >= 0.3 is 0 Å². The number of carbonyl (C=O) groups excluding carboxylic acids is 2. The third-order valence-corrected chi connectivity index (χ3v) is 1.78. The van der Waals surface area contributed by atoms with Crippen LogP contribution in [0, 0.1) is 17.2 Å². The first-order valence-corrected chi connectivity index (χ1v) is 3.35. The third-order valence-electron chi connectivity index (χ3n) is 1.78. The number of ketones is 1. The molecule has 0 spiro atoms. The highest BCUT2D eigenvalue weighted by Gasteiger charge is 2.32. The van der Waals surface area contributed by atoms with E-state index in [9.17, 15) is 9.59 Å². The molecule has 0 unspecified atom stereocenters. The molecule has 4 nitrogen and oxygen atoms in total. The Morgan fingerprint density at radius 1 is 1.64 bits per heavy atom. The second-order valence-corrected chi connectivity index (χ2v) is 2.56. The van der Waals surface area contributed by atoms with Gasteiger partial charge in [0, 0.05) is 13.6 Å². The maximum absolute atomic E-state index is 11.0. The normalized spacial score (nSPS) is 25.1. The number of nitriles is 1. The first-order chi connectivity index (χ1) is 5.16. The molecular formula is C7H8N2O2. The van der Waals surface area contributed by atoms with Crippen molar-refractivity contribution in [2.75, 3.05) is 13.6 Å². The summed E-state index contributed by atoms with van der Waals surface area (Å²) in [6, 6.07) is 1.81. The number of piperidine rings is 1. The van der Waals surface area contributed by atoms with Gasteiger partial charge in [-0.05, 0) is 6.42 Å². The largest absolute Gasteiger partial charge is 0.339 e. The quantitative estimate of drug-likeness (QED) is 0.442. The topological polar surface area (TPSA) is 61.2 Å². The number of Topliss-reactive ketones (excluding diaryl/α,β-unsaturated/α-hetero) is 1. The summed E-state index contributed by atoms with van der Waals surface area (Å²) >= 11 is 0. The number of hydrogen-bond donors (Lipinski definition) is 0. The van der Waals surface area contributed by atoms with Crippen LogP contribution in [0.2, 0.25) is 0 Å². The zero-order valence-electron chi connectivity index (χ0n) is 6.20. The average Bonchev–Trinajstić information content (AvgIpc) is 2.01. The lowest BCUT2D eigenvalue weighted by atomic mass is 9.97. The van der Waals surface area contributed by atoms with Crippen molar-refractivity contribution in [3.8, 4) is 6.07 Å². The van der Waals surface area contributed by atoms with Crippen LogP contribution in [0.5, 0.6) is 0 Å². The number of amides is 1. The molecule has 1 saturated heterocycles. The minimum Gasteiger partial charge on any atom is -0.339 e. The SMILES string of the molecule is CN1CC[C@@H](C#N)C(=O)C1=O. The molecule has 0 bridgehead atoms. The number of rotatable bonds is 0. The Morgan fingerprint density at radius 3 is 2.82 bits per heavy atom. The van der Waals surface area contributed by atoms with Gasteiger partial charge in [-0.1, -0.05) is 0 Å².